The third kappa shape index (κ3) is 3.63. The second-order valence-electron chi connectivity index (χ2n) is 4.28. The molecule has 6 heteroatoms. The van der Waals surface area contributed by atoms with Crippen LogP contribution in [0.5, 0.6) is 0 Å². The SMILES string of the molecule is Cn1cc(CC(Cc2ccc(Br)cc2)NN)nn1. The standard InChI is InChI=1S/C12H16BrN5/c1-18-8-12(16-17-18)7-11(15-14)6-9-2-4-10(13)5-3-9/h2-5,8,11,15H,6-7,14H2,1H3. The van der Waals surface area contributed by atoms with E-state index in [9.17, 15) is 0 Å². The van der Waals surface area contributed by atoms with Gasteiger partial charge in [0.15, 0.2) is 0 Å². The fourth-order valence-corrected chi connectivity index (χ4v) is 2.10. The Labute approximate surface area is 114 Å². The number of halogens is 1. The highest BCUT2D eigenvalue weighted by Gasteiger charge is 2.11. The smallest absolute Gasteiger partial charge is 0.0843 e. The zero-order valence-corrected chi connectivity index (χ0v) is 11.8. The van der Waals surface area contributed by atoms with Crippen LogP contribution >= 0.6 is 15.9 Å². The Balaban J connectivity index is 1.99. The van der Waals surface area contributed by atoms with E-state index in [0.717, 1.165) is 23.0 Å². The molecule has 1 aromatic heterocycles. The summed E-state index contributed by atoms with van der Waals surface area (Å²) >= 11 is 3.42. The van der Waals surface area contributed by atoms with Gasteiger partial charge in [0, 0.05) is 30.2 Å². The van der Waals surface area contributed by atoms with E-state index in [-0.39, 0.29) is 6.04 Å². The first-order chi connectivity index (χ1) is 8.67. The summed E-state index contributed by atoms with van der Waals surface area (Å²) in [5, 5.41) is 7.98. The molecule has 1 unspecified atom stereocenters. The summed E-state index contributed by atoms with van der Waals surface area (Å²) in [5.74, 6) is 5.59. The molecule has 18 heavy (non-hydrogen) atoms. The number of rotatable bonds is 5. The van der Waals surface area contributed by atoms with Crippen molar-refractivity contribution >= 4 is 15.9 Å². The van der Waals surface area contributed by atoms with Crippen molar-refractivity contribution < 1.29 is 0 Å². The summed E-state index contributed by atoms with van der Waals surface area (Å²) in [6.07, 6.45) is 3.53. The van der Waals surface area contributed by atoms with Crippen molar-refractivity contribution in [3.63, 3.8) is 0 Å². The quantitative estimate of drug-likeness (QED) is 0.643. The van der Waals surface area contributed by atoms with Gasteiger partial charge in [-0.15, -0.1) is 5.10 Å². The molecule has 1 aromatic carbocycles. The van der Waals surface area contributed by atoms with Crippen molar-refractivity contribution in [1.29, 1.82) is 0 Å². The summed E-state index contributed by atoms with van der Waals surface area (Å²) in [4.78, 5) is 0. The van der Waals surface area contributed by atoms with Crippen LogP contribution in [0.15, 0.2) is 34.9 Å². The zero-order chi connectivity index (χ0) is 13.0. The van der Waals surface area contributed by atoms with Crippen LogP contribution in [-0.2, 0) is 19.9 Å². The molecule has 0 aliphatic carbocycles. The molecule has 0 saturated heterocycles. The summed E-state index contributed by atoms with van der Waals surface area (Å²) in [6, 6.07) is 8.40. The summed E-state index contributed by atoms with van der Waals surface area (Å²) in [5.41, 5.74) is 5.02. The molecule has 3 N–H and O–H groups in total. The Morgan fingerprint density at radius 2 is 2.06 bits per heavy atom. The van der Waals surface area contributed by atoms with Crippen molar-refractivity contribution in [1.82, 2.24) is 20.4 Å². The maximum Gasteiger partial charge on any atom is 0.0843 e. The molecule has 0 aliphatic heterocycles. The highest BCUT2D eigenvalue weighted by Crippen LogP contribution is 2.12. The minimum absolute atomic E-state index is 0.155. The van der Waals surface area contributed by atoms with Gasteiger partial charge in [0.1, 0.15) is 0 Å². The van der Waals surface area contributed by atoms with Crippen molar-refractivity contribution in [2.75, 3.05) is 0 Å². The average molecular weight is 310 g/mol. The molecule has 0 bridgehead atoms. The molecule has 96 valence electrons. The largest absolute Gasteiger partial charge is 0.271 e. The maximum absolute atomic E-state index is 5.59. The van der Waals surface area contributed by atoms with Crippen LogP contribution in [0.1, 0.15) is 11.3 Å². The lowest BCUT2D eigenvalue weighted by Gasteiger charge is -2.14. The van der Waals surface area contributed by atoms with Crippen LogP contribution in [0.2, 0.25) is 0 Å². The first-order valence-corrected chi connectivity index (χ1v) is 6.52. The lowest BCUT2D eigenvalue weighted by Crippen LogP contribution is -2.38. The molecule has 1 atom stereocenters. The van der Waals surface area contributed by atoms with Crippen molar-refractivity contribution in [2.24, 2.45) is 12.9 Å². The Hall–Kier alpha value is -1.24. The Kier molecular flexibility index (Phi) is 4.46. The molecular formula is C12H16BrN5. The van der Waals surface area contributed by atoms with Gasteiger partial charge in [0.05, 0.1) is 5.69 Å². The highest BCUT2D eigenvalue weighted by atomic mass is 79.9. The van der Waals surface area contributed by atoms with Crippen LogP contribution in [0.4, 0.5) is 0 Å². The zero-order valence-electron chi connectivity index (χ0n) is 10.2. The number of nitrogens with zero attached hydrogens (tertiary/aromatic N) is 3. The summed E-state index contributed by atoms with van der Waals surface area (Å²) < 4.78 is 2.78. The molecule has 0 spiro atoms. The second-order valence-corrected chi connectivity index (χ2v) is 5.20. The molecule has 0 saturated carbocycles. The fourth-order valence-electron chi connectivity index (χ4n) is 1.84. The normalized spacial score (nSPS) is 12.6. The van der Waals surface area contributed by atoms with Gasteiger partial charge in [-0.3, -0.25) is 16.0 Å². The lowest BCUT2D eigenvalue weighted by atomic mass is 10.0. The first kappa shape index (κ1) is 13.2. The van der Waals surface area contributed by atoms with Gasteiger partial charge in [-0.2, -0.15) is 0 Å². The average Bonchev–Trinajstić information content (AvgIpc) is 2.77. The molecule has 2 aromatic rings. The van der Waals surface area contributed by atoms with Crippen molar-refractivity contribution in [3.8, 4) is 0 Å². The van der Waals surface area contributed by atoms with Gasteiger partial charge in [-0.05, 0) is 24.1 Å². The Bertz CT molecular complexity index is 493. The number of nitrogens with two attached hydrogens (primary N) is 1. The summed E-state index contributed by atoms with van der Waals surface area (Å²) in [6.45, 7) is 0. The fraction of sp³-hybridized carbons (Fsp3) is 0.333. The van der Waals surface area contributed by atoms with Crippen LogP contribution in [0.25, 0.3) is 0 Å². The molecule has 1 heterocycles. The monoisotopic (exact) mass is 309 g/mol. The van der Waals surface area contributed by atoms with Gasteiger partial charge in [-0.25, -0.2) is 0 Å². The Morgan fingerprint density at radius 3 is 2.61 bits per heavy atom. The van der Waals surface area contributed by atoms with E-state index < -0.39 is 0 Å². The molecule has 5 nitrogen and oxygen atoms in total. The number of hydrogen-bond donors (Lipinski definition) is 2. The van der Waals surface area contributed by atoms with E-state index in [1.54, 1.807) is 4.68 Å². The molecule has 0 aliphatic rings. The summed E-state index contributed by atoms with van der Waals surface area (Å²) in [7, 11) is 1.86. The number of aryl methyl sites for hydroxylation is 1. The van der Waals surface area contributed by atoms with E-state index in [1.165, 1.54) is 5.56 Å². The van der Waals surface area contributed by atoms with Crippen LogP contribution in [0.3, 0.4) is 0 Å². The predicted molar refractivity (Wildman–Crippen MR) is 73.7 cm³/mol. The number of hydrazine groups is 1. The number of aromatic nitrogens is 3. The van der Waals surface area contributed by atoms with Gasteiger partial charge < -0.3 is 0 Å². The van der Waals surface area contributed by atoms with Crippen LogP contribution < -0.4 is 11.3 Å². The van der Waals surface area contributed by atoms with Gasteiger partial charge >= 0.3 is 0 Å². The lowest BCUT2D eigenvalue weighted by molar-refractivity contribution is 0.517. The number of benzene rings is 1. The van der Waals surface area contributed by atoms with Crippen LogP contribution in [0, 0.1) is 0 Å². The molecule has 0 fully saturated rings. The topological polar surface area (TPSA) is 68.8 Å². The van der Waals surface area contributed by atoms with Gasteiger partial charge in [0.25, 0.3) is 0 Å². The minimum Gasteiger partial charge on any atom is -0.271 e. The molecule has 2 rings (SSSR count). The molecule has 0 radical (unpaired) electrons. The third-order valence-corrected chi connectivity index (χ3v) is 3.27. The van der Waals surface area contributed by atoms with E-state index >= 15 is 0 Å². The van der Waals surface area contributed by atoms with E-state index in [4.69, 9.17) is 5.84 Å². The molecule has 0 amide bonds. The van der Waals surface area contributed by atoms with E-state index in [0.29, 0.717) is 0 Å². The second kappa shape index (κ2) is 6.08. The van der Waals surface area contributed by atoms with Crippen molar-refractivity contribution in [2.45, 2.75) is 18.9 Å². The Morgan fingerprint density at radius 1 is 1.33 bits per heavy atom. The van der Waals surface area contributed by atoms with E-state index in [1.807, 2.05) is 25.4 Å². The molecular weight excluding hydrogens is 294 g/mol. The number of nitrogens with one attached hydrogen (secondary N) is 1. The number of hydrogen-bond acceptors (Lipinski definition) is 4. The van der Waals surface area contributed by atoms with Crippen molar-refractivity contribution in [3.05, 3.63) is 46.2 Å². The highest BCUT2D eigenvalue weighted by molar-refractivity contribution is 9.10. The minimum atomic E-state index is 0.155. The van der Waals surface area contributed by atoms with E-state index in [2.05, 4.69) is 43.8 Å². The van der Waals surface area contributed by atoms with Gasteiger partial charge in [-0.1, -0.05) is 33.3 Å². The predicted octanol–water partition coefficient (Wildman–Crippen LogP) is 1.19. The maximum atomic E-state index is 5.59. The third-order valence-electron chi connectivity index (χ3n) is 2.74. The van der Waals surface area contributed by atoms with Crippen LogP contribution in [-0.4, -0.2) is 21.0 Å². The first-order valence-electron chi connectivity index (χ1n) is 5.73. The van der Waals surface area contributed by atoms with Gasteiger partial charge in [0.2, 0.25) is 0 Å².